The van der Waals surface area contributed by atoms with Crippen molar-refractivity contribution in [1.82, 2.24) is 10.3 Å². The first-order valence-corrected chi connectivity index (χ1v) is 8.54. The van der Waals surface area contributed by atoms with Crippen molar-refractivity contribution in [3.63, 3.8) is 0 Å². The number of ketones is 1. The Bertz CT molecular complexity index is 1180. The van der Waals surface area contributed by atoms with Crippen molar-refractivity contribution in [2.45, 2.75) is 12.8 Å². The van der Waals surface area contributed by atoms with E-state index >= 15 is 0 Å². The van der Waals surface area contributed by atoms with Gasteiger partial charge in [0.2, 0.25) is 0 Å². The maximum atomic E-state index is 12.6. The van der Waals surface area contributed by atoms with Crippen molar-refractivity contribution in [2.75, 3.05) is 6.54 Å². The van der Waals surface area contributed by atoms with Crippen LogP contribution in [0, 0.1) is 0 Å². The van der Waals surface area contributed by atoms with Gasteiger partial charge in [-0.05, 0) is 35.8 Å². The molecule has 0 unspecified atom stereocenters. The smallest absolute Gasteiger partial charge is 0.251 e. The standard InChI is InChI=1S/C20H16N4O2/c21-18-9-17(25)19(24-18)11-5-6-22-20(26)14-8-16-13(7-12(11)14)10-3-1-2-4-15(10)23-16/h1-4,7-8,23H,5-6,9H2,(H2,21,24)(H,22,26). The number of fused-ring (bicyclic) bond motifs is 4. The molecule has 0 radical (unpaired) electrons. The van der Waals surface area contributed by atoms with Gasteiger partial charge in [0.25, 0.3) is 5.91 Å². The molecule has 4 N–H and O–H groups in total. The van der Waals surface area contributed by atoms with Crippen LogP contribution in [0.2, 0.25) is 0 Å². The van der Waals surface area contributed by atoms with Gasteiger partial charge in [-0.3, -0.25) is 9.59 Å². The summed E-state index contributed by atoms with van der Waals surface area (Å²) in [5.74, 6) is 0.103. The second-order valence-corrected chi connectivity index (χ2v) is 6.65. The van der Waals surface area contributed by atoms with E-state index in [9.17, 15) is 9.59 Å². The maximum Gasteiger partial charge on any atom is 0.251 e. The average molecular weight is 344 g/mol. The lowest BCUT2D eigenvalue weighted by Gasteiger charge is -2.10. The Labute approximate surface area is 148 Å². The van der Waals surface area contributed by atoms with E-state index in [0.29, 0.717) is 30.1 Å². The van der Waals surface area contributed by atoms with Crippen LogP contribution in [-0.4, -0.2) is 29.1 Å². The second kappa shape index (κ2) is 5.29. The van der Waals surface area contributed by atoms with Crippen LogP contribution in [-0.2, 0) is 4.79 Å². The number of hydrogen-bond acceptors (Lipinski definition) is 4. The number of Topliss-reactive ketones (excluding diaryl/α,β-unsaturated/α-hetero) is 1. The van der Waals surface area contributed by atoms with Gasteiger partial charge < -0.3 is 16.0 Å². The number of carbonyl (C=O) groups is 2. The number of nitrogens with one attached hydrogen (secondary N) is 2. The van der Waals surface area contributed by atoms with E-state index in [1.807, 2.05) is 36.4 Å². The Morgan fingerprint density at radius 1 is 1.00 bits per heavy atom. The third kappa shape index (κ3) is 2.08. The Balaban J connectivity index is 1.87. The van der Waals surface area contributed by atoms with E-state index in [0.717, 1.165) is 32.9 Å². The van der Waals surface area contributed by atoms with Crippen molar-refractivity contribution in [2.24, 2.45) is 10.7 Å². The lowest BCUT2D eigenvalue weighted by atomic mass is 9.93. The molecule has 3 aromatic rings. The highest BCUT2D eigenvalue weighted by Gasteiger charge is 2.28. The zero-order chi connectivity index (χ0) is 17.8. The summed E-state index contributed by atoms with van der Waals surface area (Å²) >= 11 is 0. The number of aromatic amines is 1. The molecule has 6 nitrogen and oxygen atoms in total. The number of amides is 1. The normalized spacial score (nSPS) is 20.2. The molecule has 2 aromatic carbocycles. The fourth-order valence-corrected chi connectivity index (χ4v) is 3.84. The van der Waals surface area contributed by atoms with E-state index in [-0.39, 0.29) is 18.1 Å². The number of aliphatic imine (C=N–C) groups is 1. The van der Waals surface area contributed by atoms with Crippen molar-refractivity contribution in [3.8, 4) is 0 Å². The molecule has 3 heterocycles. The van der Waals surface area contributed by atoms with Gasteiger partial charge in [0.1, 0.15) is 11.5 Å². The highest BCUT2D eigenvalue weighted by molar-refractivity contribution is 6.19. The largest absolute Gasteiger partial charge is 0.387 e. The SMILES string of the molecule is NC1=NC(=C2CCNC(=O)c3cc4[nH]c5ccccc5c4cc32)C(=O)C1. The zero-order valence-electron chi connectivity index (χ0n) is 13.9. The van der Waals surface area contributed by atoms with E-state index in [1.54, 1.807) is 0 Å². The quantitative estimate of drug-likeness (QED) is 0.546. The summed E-state index contributed by atoms with van der Waals surface area (Å²) in [4.78, 5) is 32.6. The van der Waals surface area contributed by atoms with Crippen molar-refractivity contribution < 1.29 is 9.59 Å². The molecule has 0 spiro atoms. The van der Waals surface area contributed by atoms with E-state index in [1.165, 1.54) is 0 Å². The highest BCUT2D eigenvalue weighted by atomic mass is 16.1. The monoisotopic (exact) mass is 344 g/mol. The van der Waals surface area contributed by atoms with Crippen LogP contribution in [0.5, 0.6) is 0 Å². The minimum absolute atomic E-state index is 0.0863. The molecule has 0 saturated heterocycles. The number of carbonyl (C=O) groups excluding carboxylic acids is 2. The second-order valence-electron chi connectivity index (χ2n) is 6.65. The number of nitrogens with two attached hydrogens (primary N) is 1. The fourth-order valence-electron chi connectivity index (χ4n) is 3.84. The van der Waals surface area contributed by atoms with Gasteiger partial charge >= 0.3 is 0 Å². The molecule has 1 amide bonds. The summed E-state index contributed by atoms with van der Waals surface area (Å²) in [6.45, 7) is 0.462. The van der Waals surface area contributed by atoms with Crippen molar-refractivity contribution >= 4 is 44.9 Å². The lowest BCUT2D eigenvalue weighted by Crippen LogP contribution is -2.22. The average Bonchev–Trinajstić information content (AvgIpc) is 3.11. The molecule has 26 heavy (non-hydrogen) atoms. The van der Waals surface area contributed by atoms with Crippen LogP contribution in [0.1, 0.15) is 28.8 Å². The topological polar surface area (TPSA) is 100 Å². The number of para-hydroxylation sites is 1. The molecular formula is C20H16N4O2. The van der Waals surface area contributed by atoms with Gasteiger partial charge in [-0.15, -0.1) is 0 Å². The number of rotatable bonds is 0. The minimum atomic E-state index is -0.140. The predicted molar refractivity (Wildman–Crippen MR) is 101 cm³/mol. The van der Waals surface area contributed by atoms with Crippen LogP contribution in [0.3, 0.4) is 0 Å². The van der Waals surface area contributed by atoms with Crippen LogP contribution < -0.4 is 11.1 Å². The summed E-state index contributed by atoms with van der Waals surface area (Å²) < 4.78 is 0. The van der Waals surface area contributed by atoms with Crippen LogP contribution in [0.4, 0.5) is 0 Å². The molecule has 0 saturated carbocycles. The zero-order valence-corrected chi connectivity index (χ0v) is 13.9. The Hall–Kier alpha value is -3.41. The molecule has 6 heteroatoms. The number of allylic oxidation sites excluding steroid dienone is 1. The summed E-state index contributed by atoms with van der Waals surface area (Å²) in [5.41, 5.74) is 10.2. The fraction of sp³-hybridized carbons (Fsp3) is 0.150. The predicted octanol–water partition coefficient (Wildman–Crippen LogP) is 2.50. The van der Waals surface area contributed by atoms with Crippen LogP contribution in [0.25, 0.3) is 27.4 Å². The Kier molecular flexibility index (Phi) is 3.03. The Morgan fingerprint density at radius 3 is 2.65 bits per heavy atom. The lowest BCUT2D eigenvalue weighted by molar-refractivity contribution is -0.114. The summed E-state index contributed by atoms with van der Waals surface area (Å²) in [6.07, 6.45) is 0.690. The molecular weight excluding hydrogens is 328 g/mol. The molecule has 1 aromatic heterocycles. The number of H-pyrrole nitrogens is 1. The van der Waals surface area contributed by atoms with Gasteiger partial charge in [-0.2, -0.15) is 0 Å². The van der Waals surface area contributed by atoms with Crippen molar-refractivity contribution in [3.05, 3.63) is 53.2 Å². The first-order valence-electron chi connectivity index (χ1n) is 8.54. The Morgan fingerprint density at radius 2 is 1.85 bits per heavy atom. The third-order valence-corrected chi connectivity index (χ3v) is 5.02. The van der Waals surface area contributed by atoms with Crippen LogP contribution >= 0.6 is 0 Å². The summed E-state index contributed by atoms with van der Waals surface area (Å²) in [5, 5.41) is 5.01. The first kappa shape index (κ1) is 14.9. The highest BCUT2D eigenvalue weighted by Crippen LogP contribution is 2.36. The van der Waals surface area contributed by atoms with Gasteiger partial charge in [-0.1, -0.05) is 18.2 Å². The number of amidine groups is 1. The van der Waals surface area contributed by atoms with Gasteiger partial charge in [0, 0.05) is 33.9 Å². The minimum Gasteiger partial charge on any atom is -0.387 e. The number of benzene rings is 2. The maximum absolute atomic E-state index is 12.6. The number of hydrogen-bond donors (Lipinski definition) is 3. The van der Waals surface area contributed by atoms with E-state index in [2.05, 4.69) is 15.3 Å². The van der Waals surface area contributed by atoms with Gasteiger partial charge in [0.15, 0.2) is 5.78 Å². The van der Waals surface area contributed by atoms with Gasteiger partial charge in [0.05, 0.1) is 6.42 Å². The molecule has 5 rings (SSSR count). The van der Waals surface area contributed by atoms with E-state index in [4.69, 9.17) is 5.73 Å². The molecule has 0 aliphatic carbocycles. The summed E-state index contributed by atoms with van der Waals surface area (Å²) in [6, 6.07) is 11.9. The van der Waals surface area contributed by atoms with Crippen LogP contribution in [0.15, 0.2) is 47.1 Å². The molecule has 2 aliphatic heterocycles. The third-order valence-electron chi connectivity index (χ3n) is 5.02. The molecule has 2 aliphatic rings. The van der Waals surface area contributed by atoms with E-state index < -0.39 is 0 Å². The molecule has 0 bridgehead atoms. The first-order chi connectivity index (χ1) is 12.6. The van der Waals surface area contributed by atoms with Gasteiger partial charge in [-0.25, -0.2) is 4.99 Å². The molecule has 128 valence electrons. The molecule has 0 fully saturated rings. The molecule has 0 atom stereocenters. The summed E-state index contributed by atoms with van der Waals surface area (Å²) in [7, 11) is 0. The van der Waals surface area contributed by atoms with Crippen molar-refractivity contribution in [1.29, 1.82) is 0 Å². The number of nitrogens with zero attached hydrogens (tertiary/aromatic N) is 1. The number of aromatic nitrogens is 1.